The van der Waals surface area contributed by atoms with Crippen LogP contribution < -0.4 is 5.43 Å². The summed E-state index contributed by atoms with van der Waals surface area (Å²) in [5.74, 6) is -0.762. The van der Waals surface area contributed by atoms with Crippen LogP contribution in [0.15, 0.2) is 41.2 Å². The highest BCUT2D eigenvalue weighted by atomic mass is 32.1. The van der Waals surface area contributed by atoms with Crippen molar-refractivity contribution >= 4 is 31.5 Å². The van der Waals surface area contributed by atoms with Crippen molar-refractivity contribution in [3.8, 4) is 0 Å². The maximum Gasteiger partial charge on any atom is 0.195 e. The minimum Gasteiger partial charge on any atom is -0.349 e. The van der Waals surface area contributed by atoms with Gasteiger partial charge in [0.2, 0.25) is 0 Å². The first kappa shape index (κ1) is 18.1. The van der Waals surface area contributed by atoms with Gasteiger partial charge in [0.05, 0.1) is 0 Å². The molecule has 3 nitrogen and oxygen atoms in total. The van der Waals surface area contributed by atoms with Crippen LogP contribution in [0.5, 0.6) is 0 Å². The van der Waals surface area contributed by atoms with Gasteiger partial charge in [-0.25, -0.2) is 0 Å². The lowest BCUT2D eigenvalue weighted by Gasteiger charge is -2.31. The van der Waals surface area contributed by atoms with Crippen LogP contribution >= 0.6 is 11.3 Å². The average Bonchev–Trinajstić information content (AvgIpc) is 2.64. The molecular formula is C21H24O3S. The van der Waals surface area contributed by atoms with E-state index in [4.69, 9.17) is 9.47 Å². The molecule has 0 aliphatic rings. The average molecular weight is 356 g/mol. The van der Waals surface area contributed by atoms with Crippen LogP contribution in [-0.4, -0.2) is 14.2 Å². The molecule has 1 heterocycles. The number of rotatable bonds is 6. The molecule has 1 aromatic heterocycles. The van der Waals surface area contributed by atoms with E-state index < -0.39 is 5.79 Å². The molecule has 4 heteroatoms. The number of unbranched alkanes of at least 4 members (excludes halogenated alkanes) is 1. The van der Waals surface area contributed by atoms with E-state index in [-0.39, 0.29) is 5.43 Å². The molecule has 0 bridgehead atoms. The van der Waals surface area contributed by atoms with Crippen molar-refractivity contribution in [2.75, 3.05) is 14.2 Å². The summed E-state index contributed by atoms with van der Waals surface area (Å²) in [4.78, 5) is 12.9. The second-order valence-electron chi connectivity index (χ2n) is 6.41. The maximum atomic E-state index is 12.9. The molecule has 0 saturated heterocycles. The van der Waals surface area contributed by atoms with E-state index in [0.29, 0.717) is 0 Å². The van der Waals surface area contributed by atoms with Crippen LogP contribution in [0, 0.1) is 6.92 Å². The Hall–Kier alpha value is -1.75. The second-order valence-corrected chi connectivity index (χ2v) is 7.49. The first-order chi connectivity index (χ1) is 12.0. The van der Waals surface area contributed by atoms with Gasteiger partial charge >= 0.3 is 0 Å². The summed E-state index contributed by atoms with van der Waals surface area (Å²) >= 11 is 1.64. The first-order valence-electron chi connectivity index (χ1n) is 8.62. The summed E-state index contributed by atoms with van der Waals surface area (Å²) in [7, 11) is 3.35. The summed E-state index contributed by atoms with van der Waals surface area (Å²) in [6, 6.07) is 12.0. The summed E-state index contributed by atoms with van der Waals surface area (Å²) in [6.07, 6.45) is 2.86. The van der Waals surface area contributed by atoms with Gasteiger partial charge in [-0.05, 0) is 37.6 Å². The van der Waals surface area contributed by atoms with Gasteiger partial charge in [0, 0.05) is 46.4 Å². The van der Waals surface area contributed by atoms with Crippen LogP contribution in [0.25, 0.3) is 20.2 Å². The molecule has 2 aromatic carbocycles. The van der Waals surface area contributed by atoms with Crippen molar-refractivity contribution in [1.82, 2.24) is 0 Å². The number of ether oxygens (including phenoxy) is 2. The minimum absolute atomic E-state index is 0.0907. The molecule has 0 N–H and O–H groups in total. The monoisotopic (exact) mass is 356 g/mol. The van der Waals surface area contributed by atoms with Gasteiger partial charge in [0.1, 0.15) is 0 Å². The van der Waals surface area contributed by atoms with Gasteiger partial charge in [-0.2, -0.15) is 0 Å². The number of benzene rings is 2. The number of aryl methyl sites for hydroxylation is 1. The van der Waals surface area contributed by atoms with Crippen molar-refractivity contribution in [3.63, 3.8) is 0 Å². The zero-order chi connectivity index (χ0) is 18.0. The number of hydrogen-bond acceptors (Lipinski definition) is 4. The highest BCUT2D eigenvalue weighted by Crippen LogP contribution is 2.35. The topological polar surface area (TPSA) is 35.5 Å². The Morgan fingerprint density at radius 3 is 2.44 bits per heavy atom. The maximum absolute atomic E-state index is 12.9. The van der Waals surface area contributed by atoms with E-state index in [1.165, 1.54) is 0 Å². The zero-order valence-corrected chi connectivity index (χ0v) is 16.0. The lowest BCUT2D eigenvalue weighted by atomic mass is 9.98. The molecular weight excluding hydrogens is 332 g/mol. The van der Waals surface area contributed by atoms with Gasteiger partial charge in [0.15, 0.2) is 11.2 Å². The van der Waals surface area contributed by atoms with E-state index in [2.05, 4.69) is 6.92 Å². The SMILES string of the molecule is CCCCC(OC)(OC)c1ccc2c(=O)c3cc(C)ccc3sc2c1. The lowest BCUT2D eigenvalue weighted by molar-refractivity contribution is -0.220. The minimum atomic E-state index is -0.762. The fraction of sp³-hybridized carbons (Fsp3) is 0.381. The van der Waals surface area contributed by atoms with E-state index in [1.54, 1.807) is 25.6 Å². The Labute approximate surface area is 152 Å². The molecule has 0 amide bonds. The predicted molar refractivity (Wildman–Crippen MR) is 106 cm³/mol. The van der Waals surface area contributed by atoms with Gasteiger partial charge in [0.25, 0.3) is 0 Å². The van der Waals surface area contributed by atoms with Crippen molar-refractivity contribution in [2.24, 2.45) is 0 Å². The van der Waals surface area contributed by atoms with E-state index in [0.717, 1.165) is 50.6 Å². The van der Waals surface area contributed by atoms with Crippen molar-refractivity contribution in [2.45, 2.75) is 38.9 Å². The molecule has 3 aromatic rings. The van der Waals surface area contributed by atoms with Crippen molar-refractivity contribution in [1.29, 1.82) is 0 Å². The Kier molecular flexibility index (Phi) is 5.23. The fourth-order valence-electron chi connectivity index (χ4n) is 3.28. The van der Waals surface area contributed by atoms with Gasteiger partial charge in [-0.3, -0.25) is 4.79 Å². The lowest BCUT2D eigenvalue weighted by Crippen LogP contribution is -2.30. The second kappa shape index (κ2) is 7.24. The highest BCUT2D eigenvalue weighted by Gasteiger charge is 2.31. The molecule has 132 valence electrons. The third-order valence-corrected chi connectivity index (χ3v) is 5.92. The van der Waals surface area contributed by atoms with Crippen molar-refractivity contribution < 1.29 is 9.47 Å². The van der Waals surface area contributed by atoms with Crippen LogP contribution in [0.3, 0.4) is 0 Å². The van der Waals surface area contributed by atoms with E-state index in [9.17, 15) is 4.79 Å². The van der Waals surface area contributed by atoms with E-state index in [1.807, 2.05) is 43.3 Å². The molecule has 0 radical (unpaired) electrons. The molecule has 0 saturated carbocycles. The van der Waals surface area contributed by atoms with Gasteiger partial charge in [-0.15, -0.1) is 11.3 Å². The molecule has 25 heavy (non-hydrogen) atoms. The molecule has 0 unspecified atom stereocenters. The molecule has 0 atom stereocenters. The molecule has 0 spiro atoms. The largest absolute Gasteiger partial charge is 0.349 e. The summed E-state index contributed by atoms with van der Waals surface area (Å²) in [5.41, 5.74) is 2.15. The molecule has 0 aliphatic heterocycles. The molecule has 0 fully saturated rings. The molecule has 3 rings (SSSR count). The van der Waals surface area contributed by atoms with Crippen LogP contribution in [-0.2, 0) is 15.3 Å². The van der Waals surface area contributed by atoms with Crippen LogP contribution in [0.2, 0.25) is 0 Å². The standard InChI is InChI=1S/C21H24O3S/c1-5-6-11-21(23-3,24-4)15-8-9-16-19(13-15)25-18-10-7-14(2)12-17(18)20(16)22/h7-10,12-13H,5-6,11H2,1-4H3. The smallest absolute Gasteiger partial charge is 0.195 e. The van der Waals surface area contributed by atoms with Gasteiger partial charge in [-0.1, -0.05) is 31.0 Å². The summed E-state index contributed by atoms with van der Waals surface area (Å²) in [6.45, 7) is 4.16. The Morgan fingerprint density at radius 1 is 1.00 bits per heavy atom. The number of fused-ring (bicyclic) bond motifs is 2. The number of hydrogen-bond donors (Lipinski definition) is 0. The first-order valence-corrected chi connectivity index (χ1v) is 9.44. The fourth-order valence-corrected chi connectivity index (χ4v) is 4.37. The third-order valence-electron chi connectivity index (χ3n) is 4.78. The van der Waals surface area contributed by atoms with Gasteiger partial charge < -0.3 is 9.47 Å². The molecule has 0 aliphatic carbocycles. The van der Waals surface area contributed by atoms with Crippen LogP contribution in [0.1, 0.15) is 37.3 Å². The summed E-state index contributed by atoms with van der Waals surface area (Å²) < 4.78 is 13.5. The predicted octanol–water partition coefficient (Wildman–Crippen LogP) is 5.36. The third kappa shape index (κ3) is 3.22. The number of methoxy groups -OCH3 is 2. The van der Waals surface area contributed by atoms with Crippen LogP contribution in [0.4, 0.5) is 0 Å². The quantitative estimate of drug-likeness (QED) is 0.441. The highest BCUT2D eigenvalue weighted by molar-refractivity contribution is 7.24. The zero-order valence-electron chi connectivity index (χ0n) is 15.2. The van der Waals surface area contributed by atoms with Crippen molar-refractivity contribution in [3.05, 3.63) is 57.7 Å². The Balaban J connectivity index is 2.21. The Morgan fingerprint density at radius 2 is 1.76 bits per heavy atom. The van der Waals surface area contributed by atoms with E-state index >= 15 is 0 Å². The Bertz CT molecular complexity index is 954. The normalized spacial score (nSPS) is 12.2. The summed E-state index contributed by atoms with van der Waals surface area (Å²) in [5, 5.41) is 1.55.